The second kappa shape index (κ2) is 10.3. The molecule has 1 aliphatic heterocycles. The first-order chi connectivity index (χ1) is 15.3. The van der Waals surface area contributed by atoms with Gasteiger partial charge in [-0.15, -0.1) is 0 Å². The fourth-order valence-corrected chi connectivity index (χ4v) is 5.07. The minimum atomic E-state index is -3.99. The monoisotopic (exact) mass is 462 g/mol. The topological polar surface area (TPSA) is 94.2 Å². The molecule has 1 fully saturated rings. The van der Waals surface area contributed by atoms with Crippen molar-refractivity contribution in [1.82, 2.24) is 4.31 Å². The van der Waals surface area contributed by atoms with Crippen LogP contribution in [0.15, 0.2) is 41.3 Å². The Bertz CT molecular complexity index is 1060. The molecule has 1 heterocycles. The highest BCUT2D eigenvalue weighted by Gasteiger charge is 2.31. The number of carbonyl (C=O) groups excluding carboxylic acids is 1. The molecular weight excluding hydrogens is 432 g/mol. The van der Waals surface area contributed by atoms with Crippen molar-refractivity contribution >= 4 is 21.6 Å². The first kappa shape index (κ1) is 24.0. The highest BCUT2D eigenvalue weighted by Crippen LogP contribution is 2.31. The van der Waals surface area contributed by atoms with Crippen LogP contribution in [0.1, 0.15) is 24.0 Å². The lowest BCUT2D eigenvalue weighted by atomic mass is 10.1. The number of aryl methyl sites for hydroxylation is 1. The fourth-order valence-electron chi connectivity index (χ4n) is 3.63. The van der Waals surface area contributed by atoms with E-state index in [-0.39, 0.29) is 24.1 Å². The summed E-state index contributed by atoms with van der Waals surface area (Å²) in [6.07, 6.45) is 1.36. The van der Waals surface area contributed by atoms with Gasteiger partial charge in [-0.3, -0.25) is 4.79 Å². The average molecular weight is 463 g/mol. The number of anilines is 1. The highest BCUT2D eigenvalue weighted by atomic mass is 32.2. The average Bonchev–Trinajstić information content (AvgIpc) is 3.29. The molecule has 1 N–H and O–H groups in total. The Morgan fingerprint density at radius 3 is 2.56 bits per heavy atom. The van der Waals surface area contributed by atoms with Crippen LogP contribution in [-0.4, -0.2) is 58.7 Å². The van der Waals surface area contributed by atoms with Crippen LogP contribution in [0.4, 0.5) is 5.69 Å². The van der Waals surface area contributed by atoms with E-state index in [0.717, 1.165) is 24.0 Å². The number of sulfonamides is 1. The van der Waals surface area contributed by atoms with Crippen molar-refractivity contribution < 1.29 is 27.4 Å². The maximum Gasteiger partial charge on any atom is 0.243 e. The number of nitrogens with one attached hydrogen (secondary N) is 1. The van der Waals surface area contributed by atoms with E-state index in [1.165, 1.54) is 36.7 Å². The Labute approximate surface area is 189 Å². The Balaban J connectivity index is 1.87. The highest BCUT2D eigenvalue weighted by molar-refractivity contribution is 7.89. The van der Waals surface area contributed by atoms with Crippen molar-refractivity contribution in [3.8, 4) is 11.5 Å². The van der Waals surface area contributed by atoms with Gasteiger partial charge in [0, 0.05) is 24.9 Å². The molecule has 174 valence electrons. The van der Waals surface area contributed by atoms with Crippen molar-refractivity contribution in [1.29, 1.82) is 0 Å². The van der Waals surface area contributed by atoms with E-state index in [1.807, 2.05) is 26.0 Å². The molecule has 1 amide bonds. The van der Waals surface area contributed by atoms with Gasteiger partial charge in [0.2, 0.25) is 15.9 Å². The maximum atomic E-state index is 13.5. The van der Waals surface area contributed by atoms with Crippen LogP contribution in [0.3, 0.4) is 0 Å². The van der Waals surface area contributed by atoms with Gasteiger partial charge in [-0.1, -0.05) is 12.1 Å². The summed E-state index contributed by atoms with van der Waals surface area (Å²) in [5, 5.41) is 2.84. The zero-order valence-corrected chi connectivity index (χ0v) is 19.7. The third-order valence-electron chi connectivity index (χ3n) is 5.62. The Morgan fingerprint density at radius 2 is 1.91 bits per heavy atom. The summed E-state index contributed by atoms with van der Waals surface area (Å²) in [7, 11) is -1.07. The summed E-state index contributed by atoms with van der Waals surface area (Å²) in [6.45, 7) is 4.22. The van der Waals surface area contributed by atoms with Gasteiger partial charge in [0.15, 0.2) is 11.5 Å². The number of amides is 1. The SMILES string of the molecule is COc1ccc(S(=O)(=O)N(CC(=O)Nc2cccc(C)c2C)CC2CCCO2)cc1OC. The van der Waals surface area contributed by atoms with E-state index in [0.29, 0.717) is 23.8 Å². The van der Waals surface area contributed by atoms with E-state index in [4.69, 9.17) is 14.2 Å². The number of ether oxygens (including phenoxy) is 3. The molecule has 0 spiro atoms. The second-order valence-electron chi connectivity index (χ2n) is 7.75. The number of nitrogens with zero attached hydrogens (tertiary/aromatic N) is 1. The number of benzene rings is 2. The minimum Gasteiger partial charge on any atom is -0.493 e. The lowest BCUT2D eigenvalue weighted by molar-refractivity contribution is -0.116. The van der Waals surface area contributed by atoms with E-state index in [9.17, 15) is 13.2 Å². The number of carbonyl (C=O) groups is 1. The van der Waals surface area contributed by atoms with Gasteiger partial charge in [0.25, 0.3) is 0 Å². The summed E-state index contributed by atoms with van der Waals surface area (Å²) in [4.78, 5) is 12.9. The lowest BCUT2D eigenvalue weighted by Gasteiger charge is -2.25. The Kier molecular flexibility index (Phi) is 7.76. The minimum absolute atomic E-state index is 0.0210. The molecule has 3 rings (SSSR count). The Hall–Kier alpha value is -2.62. The van der Waals surface area contributed by atoms with Crippen molar-refractivity contribution in [2.45, 2.75) is 37.7 Å². The Morgan fingerprint density at radius 1 is 1.16 bits per heavy atom. The zero-order chi connectivity index (χ0) is 23.3. The molecule has 32 heavy (non-hydrogen) atoms. The van der Waals surface area contributed by atoms with E-state index >= 15 is 0 Å². The number of methoxy groups -OCH3 is 2. The first-order valence-corrected chi connectivity index (χ1v) is 11.9. The zero-order valence-electron chi connectivity index (χ0n) is 18.9. The van der Waals surface area contributed by atoms with E-state index < -0.39 is 15.9 Å². The molecule has 0 aromatic heterocycles. The molecule has 2 aromatic carbocycles. The predicted octanol–water partition coefficient (Wildman–Crippen LogP) is 3.13. The van der Waals surface area contributed by atoms with Gasteiger partial charge in [-0.25, -0.2) is 8.42 Å². The van der Waals surface area contributed by atoms with Crippen molar-refractivity contribution in [3.63, 3.8) is 0 Å². The number of hydrogen-bond acceptors (Lipinski definition) is 6. The first-order valence-electron chi connectivity index (χ1n) is 10.5. The molecule has 1 aliphatic rings. The molecule has 1 atom stereocenters. The summed E-state index contributed by atoms with van der Waals surface area (Å²) in [6, 6.07) is 9.99. The fraction of sp³-hybridized carbons (Fsp3) is 0.435. The van der Waals surface area contributed by atoms with Gasteiger partial charge in [-0.05, 0) is 56.0 Å². The van der Waals surface area contributed by atoms with Crippen LogP contribution in [0.2, 0.25) is 0 Å². The van der Waals surface area contributed by atoms with Gasteiger partial charge in [0.05, 0.1) is 31.8 Å². The summed E-state index contributed by atoms with van der Waals surface area (Å²) < 4.78 is 44.3. The van der Waals surface area contributed by atoms with Crippen molar-refractivity contribution in [3.05, 3.63) is 47.5 Å². The van der Waals surface area contributed by atoms with Crippen LogP contribution in [0.5, 0.6) is 11.5 Å². The van der Waals surface area contributed by atoms with Crippen LogP contribution in [-0.2, 0) is 19.6 Å². The molecule has 9 heteroatoms. The molecular formula is C23H30N2O6S. The predicted molar refractivity (Wildman–Crippen MR) is 122 cm³/mol. The summed E-state index contributed by atoms with van der Waals surface area (Å²) in [5.74, 6) is 0.302. The third-order valence-corrected chi connectivity index (χ3v) is 7.43. The molecule has 1 saturated heterocycles. The molecule has 0 saturated carbocycles. The lowest BCUT2D eigenvalue weighted by Crippen LogP contribution is -2.42. The van der Waals surface area contributed by atoms with Crippen LogP contribution < -0.4 is 14.8 Å². The number of rotatable bonds is 9. The van der Waals surface area contributed by atoms with E-state index in [1.54, 1.807) is 6.07 Å². The second-order valence-corrected chi connectivity index (χ2v) is 9.68. The standard InChI is InChI=1S/C23H30N2O6S/c1-16-7-5-9-20(17(16)2)24-23(26)15-25(14-18-8-6-12-31-18)32(27,28)19-10-11-21(29-3)22(13-19)30-4/h5,7,9-11,13,18H,6,8,12,14-15H2,1-4H3,(H,24,26). The molecule has 0 aliphatic carbocycles. The van der Waals surface area contributed by atoms with Crippen LogP contribution in [0, 0.1) is 13.8 Å². The van der Waals surface area contributed by atoms with Gasteiger partial charge >= 0.3 is 0 Å². The van der Waals surface area contributed by atoms with Crippen molar-refractivity contribution in [2.24, 2.45) is 0 Å². The quantitative estimate of drug-likeness (QED) is 0.615. The van der Waals surface area contributed by atoms with Crippen molar-refractivity contribution in [2.75, 3.05) is 39.2 Å². The normalized spacial score (nSPS) is 16.2. The van der Waals surface area contributed by atoms with Gasteiger partial charge < -0.3 is 19.5 Å². The maximum absolute atomic E-state index is 13.5. The largest absolute Gasteiger partial charge is 0.493 e. The number of hydrogen-bond donors (Lipinski definition) is 1. The molecule has 2 aromatic rings. The van der Waals surface area contributed by atoms with Gasteiger partial charge in [-0.2, -0.15) is 4.31 Å². The molecule has 1 unspecified atom stereocenters. The van der Waals surface area contributed by atoms with Gasteiger partial charge in [0.1, 0.15) is 0 Å². The smallest absolute Gasteiger partial charge is 0.243 e. The molecule has 0 radical (unpaired) electrons. The molecule has 0 bridgehead atoms. The van der Waals surface area contributed by atoms with Crippen LogP contribution in [0.25, 0.3) is 0 Å². The third kappa shape index (κ3) is 5.40. The summed E-state index contributed by atoms with van der Waals surface area (Å²) in [5.41, 5.74) is 2.64. The van der Waals surface area contributed by atoms with Crippen LogP contribution >= 0.6 is 0 Å². The van der Waals surface area contributed by atoms with E-state index in [2.05, 4.69) is 5.32 Å². The summed E-state index contributed by atoms with van der Waals surface area (Å²) >= 11 is 0. The molecule has 8 nitrogen and oxygen atoms in total.